The first-order valence-corrected chi connectivity index (χ1v) is 11.3. The molecular weight excluding hydrogens is 560 g/mol. The summed E-state index contributed by atoms with van der Waals surface area (Å²) in [6, 6.07) is 12.0. The highest BCUT2D eigenvalue weighted by atomic mass is 35.5. The second-order valence-electron chi connectivity index (χ2n) is 8.83. The number of rotatable bonds is 7. The molecule has 0 N–H and O–H groups in total. The van der Waals surface area contributed by atoms with Crippen LogP contribution in [0.3, 0.4) is 0 Å². The van der Waals surface area contributed by atoms with E-state index < -0.39 is 41.7 Å². The maximum Gasteiger partial charge on any atom is 0.460 e. The number of nitrogens with zero attached hydrogens (tertiary/aromatic N) is 1. The SMILES string of the molecule is CC1=C(c2ccc(Cl)cc2Cl)N(Cc2ccccc2)C(=O)C1(C)CC(F)(F)C(F)(F)C(F)(F)C(F)(F)F. The second kappa shape index (κ2) is 9.41. The molecule has 1 atom stereocenters. The molecule has 202 valence electrons. The Bertz CT molecular complexity index is 1230. The van der Waals surface area contributed by atoms with Gasteiger partial charge in [0, 0.05) is 17.0 Å². The summed E-state index contributed by atoms with van der Waals surface area (Å²) in [5.41, 5.74) is -2.38. The average molecular weight is 578 g/mol. The molecule has 3 rings (SSSR count). The predicted octanol–water partition coefficient (Wildman–Crippen LogP) is 8.63. The van der Waals surface area contributed by atoms with Gasteiger partial charge in [-0.3, -0.25) is 4.79 Å². The van der Waals surface area contributed by atoms with E-state index in [2.05, 4.69) is 0 Å². The molecule has 0 saturated carbocycles. The van der Waals surface area contributed by atoms with Crippen LogP contribution in [-0.2, 0) is 11.3 Å². The maximum atomic E-state index is 14.7. The molecule has 13 heteroatoms. The third-order valence-electron chi connectivity index (χ3n) is 6.33. The van der Waals surface area contributed by atoms with Gasteiger partial charge in [-0.1, -0.05) is 53.5 Å². The molecule has 0 aromatic heterocycles. The summed E-state index contributed by atoms with van der Waals surface area (Å²) in [5.74, 6) is -21.1. The van der Waals surface area contributed by atoms with Crippen LogP contribution in [0.4, 0.5) is 39.5 Å². The van der Waals surface area contributed by atoms with Gasteiger partial charge in [0.2, 0.25) is 5.91 Å². The first kappa shape index (κ1) is 29.2. The van der Waals surface area contributed by atoms with Crippen LogP contribution in [0.5, 0.6) is 0 Å². The van der Waals surface area contributed by atoms with Crippen molar-refractivity contribution in [2.24, 2.45) is 5.41 Å². The molecule has 2 aromatic rings. The Kier molecular flexibility index (Phi) is 7.42. The Morgan fingerprint density at radius 2 is 1.43 bits per heavy atom. The minimum Gasteiger partial charge on any atom is -0.307 e. The summed E-state index contributed by atoms with van der Waals surface area (Å²) in [4.78, 5) is 14.4. The topological polar surface area (TPSA) is 20.3 Å². The van der Waals surface area contributed by atoms with E-state index in [0.717, 1.165) is 18.7 Å². The standard InChI is InChI=1S/C24H18Cl2F9NO/c1-13-18(16-9-8-15(25)10-17(16)26)36(11-14-6-4-3-5-7-14)19(37)20(13,2)12-21(27,28)22(29,30)23(31,32)24(33,34)35/h3-10H,11-12H2,1-2H3. The Hall–Kier alpha value is -2.40. The van der Waals surface area contributed by atoms with Gasteiger partial charge in [-0.25, -0.2) is 0 Å². The lowest BCUT2D eigenvalue weighted by molar-refractivity contribution is -0.398. The van der Waals surface area contributed by atoms with Crippen molar-refractivity contribution in [3.8, 4) is 0 Å². The highest BCUT2D eigenvalue weighted by Gasteiger charge is 2.82. The number of hydrogen-bond acceptors (Lipinski definition) is 1. The first-order valence-electron chi connectivity index (χ1n) is 10.5. The summed E-state index contributed by atoms with van der Waals surface area (Å²) < 4.78 is 123. The fourth-order valence-corrected chi connectivity index (χ4v) is 4.64. The summed E-state index contributed by atoms with van der Waals surface area (Å²) in [6.45, 7) is 1.65. The fourth-order valence-electron chi connectivity index (χ4n) is 4.14. The Balaban J connectivity index is 2.16. The van der Waals surface area contributed by atoms with E-state index in [1.54, 1.807) is 30.3 Å². The third-order valence-corrected chi connectivity index (χ3v) is 6.87. The maximum absolute atomic E-state index is 14.7. The number of benzene rings is 2. The zero-order valence-electron chi connectivity index (χ0n) is 19.0. The van der Waals surface area contributed by atoms with Crippen LogP contribution >= 0.6 is 23.2 Å². The van der Waals surface area contributed by atoms with Crippen molar-refractivity contribution in [3.63, 3.8) is 0 Å². The number of hydrogen-bond donors (Lipinski definition) is 0. The highest BCUT2D eigenvalue weighted by molar-refractivity contribution is 6.35. The quantitative estimate of drug-likeness (QED) is 0.302. The van der Waals surface area contributed by atoms with E-state index in [0.29, 0.717) is 5.56 Å². The minimum absolute atomic E-state index is 0.0438. The van der Waals surface area contributed by atoms with E-state index >= 15 is 0 Å². The lowest BCUT2D eigenvalue weighted by atomic mass is 9.76. The first-order chi connectivity index (χ1) is 16.8. The van der Waals surface area contributed by atoms with E-state index in [1.165, 1.54) is 18.2 Å². The van der Waals surface area contributed by atoms with Gasteiger partial charge in [0.15, 0.2) is 0 Å². The lowest BCUT2D eigenvalue weighted by Crippen LogP contribution is -2.62. The van der Waals surface area contributed by atoms with E-state index in [-0.39, 0.29) is 33.4 Å². The zero-order chi connectivity index (χ0) is 28.2. The van der Waals surface area contributed by atoms with Crippen LogP contribution in [-0.4, -0.2) is 34.8 Å². The van der Waals surface area contributed by atoms with E-state index in [4.69, 9.17) is 23.2 Å². The zero-order valence-corrected chi connectivity index (χ0v) is 20.6. The van der Waals surface area contributed by atoms with Gasteiger partial charge in [-0.05, 0) is 43.2 Å². The molecule has 37 heavy (non-hydrogen) atoms. The molecule has 2 aromatic carbocycles. The lowest BCUT2D eigenvalue weighted by Gasteiger charge is -2.37. The molecule has 0 bridgehead atoms. The largest absolute Gasteiger partial charge is 0.460 e. The normalized spacial score (nSPS) is 19.7. The average Bonchev–Trinajstić information content (AvgIpc) is 2.94. The van der Waals surface area contributed by atoms with Crippen LogP contribution in [0.1, 0.15) is 31.4 Å². The number of alkyl halides is 9. The molecule has 1 unspecified atom stereocenters. The Morgan fingerprint density at radius 3 is 1.95 bits per heavy atom. The van der Waals surface area contributed by atoms with Gasteiger partial charge in [-0.15, -0.1) is 0 Å². The molecule has 1 amide bonds. The third kappa shape index (κ3) is 4.80. The Labute approximate surface area is 215 Å². The van der Waals surface area contributed by atoms with Gasteiger partial charge in [0.25, 0.3) is 0 Å². The molecule has 0 radical (unpaired) electrons. The molecule has 1 aliphatic rings. The van der Waals surface area contributed by atoms with E-state index in [9.17, 15) is 44.3 Å². The smallest absolute Gasteiger partial charge is 0.307 e. The number of amides is 1. The van der Waals surface area contributed by atoms with Crippen molar-refractivity contribution < 1.29 is 44.3 Å². The second-order valence-corrected chi connectivity index (χ2v) is 9.68. The molecule has 1 aliphatic heterocycles. The number of carbonyl (C=O) groups excluding carboxylic acids is 1. The van der Waals surface area contributed by atoms with Crippen molar-refractivity contribution in [3.05, 3.63) is 75.3 Å². The molecule has 0 saturated heterocycles. The van der Waals surface area contributed by atoms with Crippen LogP contribution < -0.4 is 0 Å². The van der Waals surface area contributed by atoms with Crippen LogP contribution in [0.15, 0.2) is 54.1 Å². The molecule has 1 heterocycles. The van der Waals surface area contributed by atoms with Crippen LogP contribution in [0, 0.1) is 5.41 Å². The van der Waals surface area contributed by atoms with Gasteiger partial charge in [0.1, 0.15) is 0 Å². The summed E-state index contributed by atoms with van der Waals surface area (Å²) in [6.07, 6.45) is -9.30. The van der Waals surface area contributed by atoms with Crippen LogP contribution in [0.2, 0.25) is 10.0 Å². The Morgan fingerprint density at radius 1 is 0.865 bits per heavy atom. The molecular formula is C24H18Cl2F9NO. The van der Waals surface area contributed by atoms with Gasteiger partial charge >= 0.3 is 23.9 Å². The minimum atomic E-state index is -7.06. The number of halogens is 11. The van der Waals surface area contributed by atoms with Gasteiger partial charge in [0.05, 0.1) is 22.7 Å². The van der Waals surface area contributed by atoms with Gasteiger partial charge < -0.3 is 4.90 Å². The number of carbonyl (C=O) groups is 1. The van der Waals surface area contributed by atoms with Crippen molar-refractivity contribution in [2.45, 2.75) is 50.8 Å². The van der Waals surface area contributed by atoms with Crippen molar-refractivity contribution >= 4 is 34.8 Å². The molecule has 0 aliphatic carbocycles. The van der Waals surface area contributed by atoms with Crippen molar-refractivity contribution in [1.29, 1.82) is 0 Å². The monoisotopic (exact) mass is 577 g/mol. The summed E-state index contributed by atoms with van der Waals surface area (Å²) in [5, 5.41) is 0.131. The van der Waals surface area contributed by atoms with E-state index in [1.807, 2.05) is 0 Å². The summed E-state index contributed by atoms with van der Waals surface area (Å²) in [7, 11) is 0. The molecule has 0 fully saturated rings. The molecule has 0 spiro atoms. The van der Waals surface area contributed by atoms with Gasteiger partial charge in [-0.2, -0.15) is 39.5 Å². The summed E-state index contributed by atoms with van der Waals surface area (Å²) >= 11 is 12.2. The highest BCUT2D eigenvalue weighted by Crippen LogP contribution is 2.58. The van der Waals surface area contributed by atoms with Crippen LogP contribution in [0.25, 0.3) is 5.70 Å². The predicted molar refractivity (Wildman–Crippen MR) is 120 cm³/mol. The van der Waals surface area contributed by atoms with Crippen molar-refractivity contribution in [1.82, 2.24) is 4.90 Å². The van der Waals surface area contributed by atoms with Crippen molar-refractivity contribution in [2.75, 3.05) is 0 Å². The fraction of sp³-hybridized carbons (Fsp3) is 0.375. The molecule has 2 nitrogen and oxygen atoms in total.